The molecule has 0 aromatic heterocycles. The number of hydrogen-bond donors (Lipinski definition) is 0. The van der Waals surface area contributed by atoms with E-state index >= 15 is 0 Å². The number of hydrogen-bond acceptors (Lipinski definition) is 3. The summed E-state index contributed by atoms with van der Waals surface area (Å²) in [6.45, 7) is 3.76. The Balaban J connectivity index is 1.95. The molecule has 1 saturated heterocycles. The van der Waals surface area contributed by atoms with Gasteiger partial charge in [-0.3, -0.25) is 0 Å². The van der Waals surface area contributed by atoms with E-state index in [4.69, 9.17) is 0 Å². The van der Waals surface area contributed by atoms with Crippen LogP contribution in [0.3, 0.4) is 0 Å². The third kappa shape index (κ3) is 3.82. The van der Waals surface area contributed by atoms with Crippen molar-refractivity contribution in [3.05, 3.63) is 36.9 Å². The molecule has 1 aliphatic rings. The SMILES string of the molecule is C=CCSc1ccccc1SCC1CS1. The van der Waals surface area contributed by atoms with Crippen LogP contribution in [0.4, 0.5) is 0 Å². The molecule has 0 saturated carbocycles. The maximum Gasteiger partial charge on any atom is 0.0232 e. The summed E-state index contributed by atoms with van der Waals surface area (Å²) in [5.41, 5.74) is 0. The van der Waals surface area contributed by atoms with Crippen molar-refractivity contribution < 1.29 is 0 Å². The monoisotopic (exact) mass is 254 g/mol. The third-order valence-corrected chi connectivity index (χ3v) is 5.65. The van der Waals surface area contributed by atoms with Crippen LogP contribution >= 0.6 is 35.3 Å². The first kappa shape index (κ1) is 11.5. The maximum atomic E-state index is 3.76. The van der Waals surface area contributed by atoms with Crippen molar-refractivity contribution in [1.82, 2.24) is 0 Å². The van der Waals surface area contributed by atoms with Gasteiger partial charge in [0.2, 0.25) is 0 Å². The molecule has 0 N–H and O–H groups in total. The summed E-state index contributed by atoms with van der Waals surface area (Å²) in [4.78, 5) is 2.82. The minimum absolute atomic E-state index is 0.910. The minimum Gasteiger partial charge on any atom is -0.156 e. The van der Waals surface area contributed by atoms with E-state index in [0.29, 0.717) is 0 Å². The van der Waals surface area contributed by atoms with Crippen molar-refractivity contribution >= 4 is 35.3 Å². The average molecular weight is 254 g/mol. The van der Waals surface area contributed by atoms with Gasteiger partial charge >= 0.3 is 0 Å². The lowest BCUT2D eigenvalue weighted by atomic mass is 10.4. The molecule has 0 spiro atoms. The van der Waals surface area contributed by atoms with E-state index in [1.165, 1.54) is 21.3 Å². The molecular weight excluding hydrogens is 240 g/mol. The van der Waals surface area contributed by atoms with Crippen LogP contribution in [0.5, 0.6) is 0 Å². The highest BCUT2D eigenvalue weighted by Gasteiger charge is 2.22. The van der Waals surface area contributed by atoms with Gasteiger partial charge in [0.15, 0.2) is 0 Å². The molecule has 1 aromatic rings. The molecule has 1 aliphatic heterocycles. The van der Waals surface area contributed by atoms with Gasteiger partial charge in [-0.1, -0.05) is 18.2 Å². The molecular formula is C12H14S3. The Labute approximate surface area is 104 Å². The lowest BCUT2D eigenvalue weighted by Crippen LogP contribution is -1.88. The highest BCUT2D eigenvalue weighted by molar-refractivity contribution is 8.09. The van der Waals surface area contributed by atoms with E-state index in [9.17, 15) is 0 Å². The lowest BCUT2D eigenvalue weighted by Gasteiger charge is -2.06. The molecule has 2 rings (SSSR count). The number of rotatable bonds is 6. The molecule has 1 fully saturated rings. The molecule has 0 nitrogen and oxygen atoms in total. The standard InChI is InChI=1S/C12H14S3/c1-2-7-13-11-5-3-4-6-12(11)15-9-10-8-14-10/h2-6,10H,1,7-9H2. The van der Waals surface area contributed by atoms with Gasteiger partial charge < -0.3 is 0 Å². The van der Waals surface area contributed by atoms with E-state index in [1.54, 1.807) is 0 Å². The molecule has 80 valence electrons. The fourth-order valence-corrected chi connectivity index (χ4v) is 4.08. The molecule has 0 amide bonds. The van der Waals surface area contributed by atoms with Crippen LogP contribution in [0.1, 0.15) is 0 Å². The van der Waals surface area contributed by atoms with E-state index in [2.05, 4.69) is 42.6 Å². The van der Waals surface area contributed by atoms with E-state index < -0.39 is 0 Å². The summed E-state index contributed by atoms with van der Waals surface area (Å²) < 4.78 is 0. The highest BCUT2D eigenvalue weighted by atomic mass is 32.2. The van der Waals surface area contributed by atoms with Gasteiger partial charge in [-0.15, -0.1) is 30.1 Å². The summed E-state index contributed by atoms with van der Waals surface area (Å²) in [5.74, 6) is 3.61. The van der Waals surface area contributed by atoms with Crippen molar-refractivity contribution in [3.8, 4) is 0 Å². The van der Waals surface area contributed by atoms with Crippen LogP contribution in [0.25, 0.3) is 0 Å². The first-order valence-corrected chi connectivity index (χ1v) is 7.99. The van der Waals surface area contributed by atoms with Gasteiger partial charge in [-0.25, -0.2) is 0 Å². The fourth-order valence-electron chi connectivity index (χ4n) is 1.18. The van der Waals surface area contributed by atoms with Crippen molar-refractivity contribution in [2.75, 3.05) is 17.3 Å². The van der Waals surface area contributed by atoms with Crippen molar-refractivity contribution in [2.24, 2.45) is 0 Å². The van der Waals surface area contributed by atoms with Gasteiger partial charge in [0, 0.05) is 32.3 Å². The van der Waals surface area contributed by atoms with Gasteiger partial charge in [-0.05, 0) is 12.1 Å². The predicted octanol–water partition coefficient (Wildman–Crippen LogP) is 4.17. The molecule has 0 bridgehead atoms. The van der Waals surface area contributed by atoms with Crippen LogP contribution in [0.15, 0.2) is 46.7 Å². The molecule has 1 atom stereocenters. The van der Waals surface area contributed by atoms with Gasteiger partial charge in [-0.2, -0.15) is 11.8 Å². The average Bonchev–Trinajstić information content (AvgIpc) is 3.08. The predicted molar refractivity (Wildman–Crippen MR) is 74.3 cm³/mol. The van der Waals surface area contributed by atoms with Crippen LogP contribution in [0, 0.1) is 0 Å². The number of benzene rings is 1. The molecule has 15 heavy (non-hydrogen) atoms. The smallest absolute Gasteiger partial charge is 0.0232 e. The van der Waals surface area contributed by atoms with Gasteiger partial charge in [0.05, 0.1) is 0 Å². The lowest BCUT2D eigenvalue weighted by molar-refractivity contribution is 1.22. The number of thioether (sulfide) groups is 3. The van der Waals surface area contributed by atoms with Crippen molar-refractivity contribution in [2.45, 2.75) is 15.0 Å². The zero-order valence-corrected chi connectivity index (χ0v) is 11.0. The quantitative estimate of drug-likeness (QED) is 0.425. The molecule has 1 unspecified atom stereocenters. The molecule has 0 aliphatic carbocycles. The second-order valence-corrected chi connectivity index (χ2v) is 6.77. The van der Waals surface area contributed by atoms with E-state index in [1.807, 2.05) is 29.6 Å². The topological polar surface area (TPSA) is 0 Å². The van der Waals surface area contributed by atoms with Crippen LogP contribution in [-0.4, -0.2) is 22.5 Å². The normalized spacial score (nSPS) is 18.8. The van der Waals surface area contributed by atoms with E-state index in [-0.39, 0.29) is 0 Å². The van der Waals surface area contributed by atoms with Crippen molar-refractivity contribution in [3.63, 3.8) is 0 Å². The first-order chi connectivity index (χ1) is 7.40. The Morgan fingerprint density at radius 3 is 2.60 bits per heavy atom. The summed E-state index contributed by atoms with van der Waals surface area (Å²) in [7, 11) is 0. The Morgan fingerprint density at radius 1 is 1.33 bits per heavy atom. The Hall–Kier alpha value is 0.01000. The fraction of sp³-hybridized carbons (Fsp3) is 0.333. The summed E-state index contributed by atoms with van der Waals surface area (Å²) in [5, 5.41) is 0.910. The van der Waals surface area contributed by atoms with Crippen LogP contribution in [0.2, 0.25) is 0 Å². The Bertz CT molecular complexity index is 331. The summed E-state index contributed by atoms with van der Waals surface area (Å²) in [6, 6.07) is 8.67. The zero-order valence-electron chi connectivity index (χ0n) is 8.52. The highest BCUT2D eigenvalue weighted by Crippen LogP contribution is 2.38. The minimum atomic E-state index is 0.910. The van der Waals surface area contributed by atoms with Crippen molar-refractivity contribution in [1.29, 1.82) is 0 Å². The summed E-state index contributed by atoms with van der Waals surface area (Å²) >= 11 is 5.93. The molecule has 3 heteroatoms. The largest absolute Gasteiger partial charge is 0.156 e. The second-order valence-electron chi connectivity index (χ2n) is 3.31. The summed E-state index contributed by atoms with van der Waals surface area (Å²) in [6.07, 6.45) is 1.96. The van der Waals surface area contributed by atoms with Gasteiger partial charge in [0.25, 0.3) is 0 Å². The molecule has 1 heterocycles. The molecule has 0 radical (unpaired) electrons. The zero-order chi connectivity index (χ0) is 10.5. The van der Waals surface area contributed by atoms with Crippen LogP contribution < -0.4 is 0 Å². The Kier molecular flexibility index (Phi) is 4.54. The first-order valence-electron chi connectivity index (χ1n) is 4.97. The third-order valence-electron chi connectivity index (χ3n) is 2.03. The Morgan fingerprint density at radius 2 is 2.00 bits per heavy atom. The molecule has 1 aromatic carbocycles. The maximum absolute atomic E-state index is 3.76. The van der Waals surface area contributed by atoms with Crippen LogP contribution in [-0.2, 0) is 0 Å². The second kappa shape index (κ2) is 5.92. The van der Waals surface area contributed by atoms with E-state index in [0.717, 1.165) is 11.0 Å². The van der Waals surface area contributed by atoms with Gasteiger partial charge in [0.1, 0.15) is 0 Å².